The first-order chi connectivity index (χ1) is 14.4. The molecule has 0 spiro atoms. The largest absolute Gasteiger partial charge is 0.462 e. The van der Waals surface area contributed by atoms with Gasteiger partial charge in [0.25, 0.3) is 5.69 Å². The zero-order valence-corrected chi connectivity index (χ0v) is 17.2. The molecule has 30 heavy (non-hydrogen) atoms. The fourth-order valence-electron chi connectivity index (χ4n) is 2.85. The van der Waals surface area contributed by atoms with Gasteiger partial charge in [-0.25, -0.2) is 14.5 Å². The molecule has 0 atom stereocenters. The zero-order chi connectivity index (χ0) is 21.7. The van der Waals surface area contributed by atoms with E-state index >= 15 is 0 Å². The van der Waals surface area contributed by atoms with Crippen molar-refractivity contribution in [2.24, 2.45) is 0 Å². The van der Waals surface area contributed by atoms with Crippen LogP contribution in [0.3, 0.4) is 0 Å². The SMILES string of the molecule is CCOC(=O)c1cc([N+](=O)[O-])cnc1/C=C/c1c(C)nn(Cc2ccccc2)c1Cl. The lowest BCUT2D eigenvalue weighted by atomic mass is 10.1. The van der Waals surface area contributed by atoms with Crippen LogP contribution in [-0.2, 0) is 11.3 Å². The molecule has 1 aromatic carbocycles. The van der Waals surface area contributed by atoms with Crippen LogP contribution in [0.5, 0.6) is 0 Å². The maximum absolute atomic E-state index is 12.2. The summed E-state index contributed by atoms with van der Waals surface area (Å²) in [4.78, 5) is 26.7. The van der Waals surface area contributed by atoms with Gasteiger partial charge in [0, 0.05) is 11.6 Å². The number of benzene rings is 1. The van der Waals surface area contributed by atoms with Crippen molar-refractivity contribution in [2.45, 2.75) is 20.4 Å². The molecule has 0 radical (unpaired) electrons. The number of carbonyl (C=O) groups excluding carboxylic acids is 1. The highest BCUT2D eigenvalue weighted by atomic mass is 35.5. The topological polar surface area (TPSA) is 100 Å². The molecule has 0 amide bonds. The first kappa shape index (κ1) is 21.2. The summed E-state index contributed by atoms with van der Waals surface area (Å²) in [6, 6.07) is 10.9. The van der Waals surface area contributed by atoms with Crippen molar-refractivity contribution in [3.05, 3.63) is 85.9 Å². The van der Waals surface area contributed by atoms with E-state index in [1.165, 1.54) is 0 Å². The van der Waals surface area contributed by atoms with Gasteiger partial charge in [0.15, 0.2) is 0 Å². The average molecular weight is 427 g/mol. The van der Waals surface area contributed by atoms with Crippen molar-refractivity contribution < 1.29 is 14.5 Å². The minimum absolute atomic E-state index is 0.00718. The second-order valence-corrected chi connectivity index (χ2v) is 6.73. The number of pyridine rings is 1. The van der Waals surface area contributed by atoms with Gasteiger partial charge in [0.2, 0.25) is 0 Å². The molecule has 0 aliphatic rings. The van der Waals surface area contributed by atoms with Gasteiger partial charge in [0.1, 0.15) is 11.3 Å². The number of hydrogen-bond acceptors (Lipinski definition) is 6. The highest BCUT2D eigenvalue weighted by Gasteiger charge is 2.18. The molecule has 0 bridgehead atoms. The van der Waals surface area contributed by atoms with Crippen LogP contribution in [0, 0.1) is 17.0 Å². The fourth-order valence-corrected chi connectivity index (χ4v) is 3.15. The molecule has 0 aliphatic heterocycles. The minimum atomic E-state index is -0.684. The van der Waals surface area contributed by atoms with E-state index in [-0.39, 0.29) is 23.6 Å². The van der Waals surface area contributed by atoms with Crippen LogP contribution in [0.1, 0.15) is 39.8 Å². The molecule has 0 unspecified atom stereocenters. The summed E-state index contributed by atoms with van der Waals surface area (Å²) in [5.74, 6) is -0.684. The van der Waals surface area contributed by atoms with E-state index in [9.17, 15) is 14.9 Å². The minimum Gasteiger partial charge on any atom is -0.462 e. The number of aromatic nitrogens is 3. The number of carbonyl (C=O) groups is 1. The number of nitro groups is 1. The number of halogens is 1. The van der Waals surface area contributed by atoms with E-state index in [2.05, 4.69) is 10.1 Å². The second kappa shape index (κ2) is 9.32. The summed E-state index contributed by atoms with van der Waals surface area (Å²) in [6.45, 7) is 4.13. The molecule has 9 heteroatoms. The molecule has 0 saturated heterocycles. The van der Waals surface area contributed by atoms with Crippen molar-refractivity contribution in [1.29, 1.82) is 0 Å². The standard InChI is InChI=1S/C21H19ClN4O4/c1-3-30-21(27)18-11-16(26(28)29)12-23-19(18)10-9-17-14(2)24-25(20(17)22)13-15-7-5-4-6-8-15/h4-12H,3,13H2,1-2H3/b10-9+. The Morgan fingerprint density at radius 3 is 2.70 bits per heavy atom. The van der Waals surface area contributed by atoms with E-state index in [1.54, 1.807) is 23.8 Å². The second-order valence-electron chi connectivity index (χ2n) is 6.37. The highest BCUT2D eigenvalue weighted by Crippen LogP contribution is 2.24. The summed E-state index contributed by atoms with van der Waals surface area (Å²) in [6.07, 6.45) is 4.34. The molecule has 3 aromatic rings. The molecule has 0 aliphatic carbocycles. The Morgan fingerprint density at radius 2 is 2.03 bits per heavy atom. The predicted octanol–water partition coefficient (Wildman–Crippen LogP) is 4.54. The molecular weight excluding hydrogens is 408 g/mol. The van der Waals surface area contributed by atoms with Crippen molar-refractivity contribution in [1.82, 2.24) is 14.8 Å². The third-order valence-electron chi connectivity index (χ3n) is 4.30. The average Bonchev–Trinajstić information content (AvgIpc) is 2.99. The van der Waals surface area contributed by atoms with Gasteiger partial charge in [-0.2, -0.15) is 5.10 Å². The number of hydrogen-bond donors (Lipinski definition) is 0. The lowest BCUT2D eigenvalue weighted by Crippen LogP contribution is -2.08. The van der Waals surface area contributed by atoms with E-state index in [4.69, 9.17) is 16.3 Å². The third-order valence-corrected chi connectivity index (χ3v) is 4.70. The van der Waals surface area contributed by atoms with Crippen LogP contribution >= 0.6 is 11.6 Å². The van der Waals surface area contributed by atoms with Crippen LogP contribution in [0.15, 0.2) is 42.6 Å². The quantitative estimate of drug-likeness (QED) is 0.312. The van der Waals surface area contributed by atoms with Crippen LogP contribution < -0.4 is 0 Å². The first-order valence-electron chi connectivity index (χ1n) is 9.17. The van der Waals surface area contributed by atoms with E-state index in [0.717, 1.165) is 17.8 Å². The monoisotopic (exact) mass is 426 g/mol. The van der Waals surface area contributed by atoms with E-state index in [0.29, 0.717) is 23.0 Å². The Hall–Kier alpha value is -3.52. The molecule has 0 fully saturated rings. The number of nitrogens with zero attached hydrogens (tertiary/aromatic N) is 4. The normalized spacial score (nSPS) is 11.0. The summed E-state index contributed by atoms with van der Waals surface area (Å²) in [7, 11) is 0. The number of rotatable bonds is 7. The molecular formula is C21H19ClN4O4. The molecule has 2 aromatic heterocycles. The van der Waals surface area contributed by atoms with Gasteiger partial charge < -0.3 is 4.74 Å². The summed E-state index contributed by atoms with van der Waals surface area (Å²) >= 11 is 6.51. The Morgan fingerprint density at radius 1 is 1.30 bits per heavy atom. The Labute approximate surface area is 177 Å². The van der Waals surface area contributed by atoms with E-state index in [1.807, 2.05) is 37.3 Å². The fraction of sp³-hybridized carbons (Fsp3) is 0.190. The Bertz CT molecular complexity index is 1110. The van der Waals surface area contributed by atoms with Gasteiger partial charge in [-0.1, -0.05) is 41.9 Å². The number of aryl methyl sites for hydroxylation is 1. The molecule has 0 N–H and O–H groups in total. The van der Waals surface area contributed by atoms with Crippen LogP contribution in [0.25, 0.3) is 12.2 Å². The molecule has 0 saturated carbocycles. The smallest absolute Gasteiger partial charge is 0.340 e. The first-order valence-corrected chi connectivity index (χ1v) is 9.55. The van der Waals surface area contributed by atoms with E-state index < -0.39 is 10.9 Å². The van der Waals surface area contributed by atoms with Crippen LogP contribution in [0.4, 0.5) is 5.69 Å². The third kappa shape index (κ3) is 4.72. The number of ether oxygens (including phenoxy) is 1. The molecule has 3 rings (SSSR count). The summed E-state index contributed by atoms with van der Waals surface area (Å²) < 4.78 is 6.68. The van der Waals surface area contributed by atoms with Crippen molar-refractivity contribution >= 4 is 35.4 Å². The van der Waals surface area contributed by atoms with Gasteiger partial charge in [-0.3, -0.25) is 10.1 Å². The molecule has 8 nitrogen and oxygen atoms in total. The zero-order valence-electron chi connectivity index (χ0n) is 16.4. The van der Waals surface area contributed by atoms with Crippen molar-refractivity contribution in [3.63, 3.8) is 0 Å². The summed E-state index contributed by atoms with van der Waals surface area (Å²) in [5, 5.41) is 15.9. The highest BCUT2D eigenvalue weighted by molar-refractivity contribution is 6.31. The van der Waals surface area contributed by atoms with Crippen molar-refractivity contribution in [3.8, 4) is 0 Å². The lowest BCUT2D eigenvalue weighted by Gasteiger charge is -2.05. The maximum atomic E-state index is 12.2. The maximum Gasteiger partial charge on any atom is 0.340 e. The van der Waals surface area contributed by atoms with Gasteiger partial charge >= 0.3 is 5.97 Å². The van der Waals surface area contributed by atoms with Crippen LogP contribution in [-0.4, -0.2) is 32.3 Å². The lowest BCUT2D eigenvalue weighted by molar-refractivity contribution is -0.385. The van der Waals surface area contributed by atoms with Crippen LogP contribution in [0.2, 0.25) is 5.15 Å². The van der Waals surface area contributed by atoms with Crippen molar-refractivity contribution in [2.75, 3.05) is 6.61 Å². The van der Waals surface area contributed by atoms with Gasteiger partial charge in [-0.05, 0) is 31.6 Å². The molecule has 2 heterocycles. The Kier molecular flexibility index (Phi) is 6.58. The summed E-state index contributed by atoms with van der Waals surface area (Å²) in [5.41, 5.74) is 2.38. The predicted molar refractivity (Wildman–Crippen MR) is 113 cm³/mol. The molecule has 154 valence electrons. The Balaban J connectivity index is 1.94. The van der Waals surface area contributed by atoms with Gasteiger partial charge in [-0.15, -0.1) is 0 Å². The van der Waals surface area contributed by atoms with Gasteiger partial charge in [0.05, 0.1) is 35.0 Å². The number of esters is 1.